The highest BCUT2D eigenvalue weighted by atomic mass is 16.5. The lowest BCUT2D eigenvalue weighted by Crippen LogP contribution is -2.38. The molecule has 2 aromatic rings. The van der Waals surface area contributed by atoms with Gasteiger partial charge in [-0.3, -0.25) is 14.5 Å². The van der Waals surface area contributed by atoms with Gasteiger partial charge in [-0.1, -0.05) is 42.0 Å². The van der Waals surface area contributed by atoms with Crippen LogP contribution in [0.15, 0.2) is 54.2 Å². The van der Waals surface area contributed by atoms with Crippen LogP contribution in [0.4, 0.5) is 0 Å². The lowest BCUT2D eigenvalue weighted by Gasteiger charge is -2.29. The predicted molar refractivity (Wildman–Crippen MR) is 117 cm³/mol. The van der Waals surface area contributed by atoms with Crippen LogP contribution in [0, 0.1) is 6.92 Å². The third kappa shape index (κ3) is 3.97. The van der Waals surface area contributed by atoms with Crippen molar-refractivity contribution in [2.75, 3.05) is 26.7 Å². The number of rotatable bonds is 6. The smallest absolute Gasteiger partial charge is 0.277 e. The number of ether oxygens (including phenoxy) is 1. The number of carbonyl (C=O) groups is 2. The molecule has 0 aliphatic carbocycles. The van der Waals surface area contributed by atoms with E-state index in [9.17, 15) is 9.59 Å². The minimum atomic E-state index is -0.182. The molecule has 0 radical (unpaired) electrons. The van der Waals surface area contributed by atoms with Crippen molar-refractivity contribution in [1.29, 1.82) is 0 Å². The fourth-order valence-electron chi connectivity index (χ4n) is 4.19. The zero-order valence-corrected chi connectivity index (χ0v) is 17.7. The summed E-state index contributed by atoms with van der Waals surface area (Å²) in [5.74, 6) is 0.451. The maximum Gasteiger partial charge on any atom is 0.277 e. The lowest BCUT2D eigenvalue weighted by molar-refractivity contribution is -0.137. The molecule has 2 aliphatic heterocycles. The molecule has 30 heavy (non-hydrogen) atoms. The van der Waals surface area contributed by atoms with Crippen molar-refractivity contribution in [3.63, 3.8) is 0 Å². The van der Waals surface area contributed by atoms with Gasteiger partial charge in [0.25, 0.3) is 11.8 Å². The summed E-state index contributed by atoms with van der Waals surface area (Å²) in [4.78, 5) is 30.3. The van der Waals surface area contributed by atoms with E-state index in [1.807, 2.05) is 55.5 Å². The Morgan fingerprint density at radius 2 is 1.53 bits per heavy atom. The summed E-state index contributed by atoms with van der Waals surface area (Å²) in [7, 11) is 1.64. The molecule has 5 heteroatoms. The van der Waals surface area contributed by atoms with E-state index >= 15 is 0 Å². The van der Waals surface area contributed by atoms with E-state index in [2.05, 4.69) is 4.90 Å². The summed E-state index contributed by atoms with van der Waals surface area (Å²) < 4.78 is 5.20. The Morgan fingerprint density at radius 1 is 0.867 bits per heavy atom. The number of amides is 2. The van der Waals surface area contributed by atoms with E-state index in [-0.39, 0.29) is 11.8 Å². The molecule has 2 aromatic carbocycles. The van der Waals surface area contributed by atoms with Crippen LogP contribution in [0.5, 0.6) is 5.75 Å². The summed E-state index contributed by atoms with van der Waals surface area (Å²) in [5.41, 5.74) is 4.16. The third-order valence-electron chi connectivity index (χ3n) is 5.94. The summed E-state index contributed by atoms with van der Waals surface area (Å²) in [6.45, 7) is 4.05. The Morgan fingerprint density at radius 3 is 2.17 bits per heavy atom. The molecule has 2 amide bonds. The van der Waals surface area contributed by atoms with Gasteiger partial charge in [0.2, 0.25) is 0 Å². The van der Waals surface area contributed by atoms with Crippen LogP contribution < -0.4 is 4.74 Å². The summed E-state index contributed by atoms with van der Waals surface area (Å²) in [5, 5.41) is 0. The van der Waals surface area contributed by atoms with E-state index in [0.29, 0.717) is 24.2 Å². The molecule has 0 atom stereocenters. The molecule has 0 unspecified atom stereocenters. The van der Waals surface area contributed by atoms with Gasteiger partial charge in [-0.15, -0.1) is 0 Å². The molecule has 0 saturated carbocycles. The first-order valence-electron chi connectivity index (χ1n) is 10.6. The van der Waals surface area contributed by atoms with E-state index in [4.69, 9.17) is 4.74 Å². The predicted octanol–water partition coefficient (Wildman–Crippen LogP) is 3.81. The Bertz CT molecular complexity index is 955. The number of hydrogen-bond donors (Lipinski definition) is 0. The summed E-state index contributed by atoms with van der Waals surface area (Å²) in [6.07, 6.45) is 3.90. The van der Waals surface area contributed by atoms with Gasteiger partial charge in [0.05, 0.1) is 12.7 Å². The second kappa shape index (κ2) is 8.74. The highest BCUT2D eigenvalue weighted by Crippen LogP contribution is 2.33. The Labute approximate surface area is 177 Å². The number of hydrogen-bond acceptors (Lipinski definition) is 4. The topological polar surface area (TPSA) is 49.9 Å². The average Bonchev–Trinajstić information content (AvgIpc) is 3.03. The Kier molecular flexibility index (Phi) is 5.88. The van der Waals surface area contributed by atoms with E-state index in [0.717, 1.165) is 48.4 Å². The molecule has 0 bridgehead atoms. The van der Waals surface area contributed by atoms with Gasteiger partial charge in [0, 0.05) is 19.6 Å². The van der Waals surface area contributed by atoms with Crippen molar-refractivity contribution in [3.05, 3.63) is 70.9 Å². The molecule has 1 saturated heterocycles. The number of likely N-dealkylation sites (tertiary alicyclic amines) is 1. The fraction of sp³-hybridized carbons (Fsp3) is 0.360. The quantitative estimate of drug-likeness (QED) is 0.687. The molecule has 5 nitrogen and oxygen atoms in total. The molecular weight excluding hydrogens is 376 g/mol. The van der Waals surface area contributed by atoms with Gasteiger partial charge >= 0.3 is 0 Å². The second-order valence-corrected chi connectivity index (χ2v) is 8.00. The average molecular weight is 405 g/mol. The number of benzene rings is 2. The van der Waals surface area contributed by atoms with Gasteiger partial charge in [0.15, 0.2) is 0 Å². The number of methoxy groups -OCH3 is 1. The molecular formula is C25H28N2O3. The number of aryl methyl sites for hydroxylation is 1. The summed E-state index contributed by atoms with van der Waals surface area (Å²) >= 11 is 0. The molecule has 156 valence electrons. The van der Waals surface area contributed by atoms with Crippen molar-refractivity contribution in [2.45, 2.75) is 32.6 Å². The maximum atomic E-state index is 13.4. The lowest BCUT2D eigenvalue weighted by atomic mass is 10.0. The van der Waals surface area contributed by atoms with Gasteiger partial charge in [0.1, 0.15) is 11.4 Å². The van der Waals surface area contributed by atoms with Gasteiger partial charge in [-0.2, -0.15) is 0 Å². The second-order valence-electron chi connectivity index (χ2n) is 8.00. The third-order valence-corrected chi connectivity index (χ3v) is 5.94. The zero-order chi connectivity index (χ0) is 21.1. The van der Waals surface area contributed by atoms with Crippen molar-refractivity contribution >= 4 is 17.4 Å². The van der Waals surface area contributed by atoms with Gasteiger partial charge in [-0.05, 0) is 55.9 Å². The van der Waals surface area contributed by atoms with Crippen LogP contribution in [0.1, 0.15) is 36.0 Å². The minimum Gasteiger partial charge on any atom is -0.497 e. The first-order chi connectivity index (χ1) is 14.6. The molecule has 0 aromatic heterocycles. The monoisotopic (exact) mass is 404 g/mol. The molecule has 4 rings (SSSR count). The standard InChI is InChI=1S/C25H28N2O3/c1-18-6-10-20(11-7-18)22-23(26-15-4-3-5-16-26)25(29)27(24(22)28)17-14-19-8-12-21(30-2)13-9-19/h6-13H,3-5,14-17H2,1-2H3. The molecule has 0 N–H and O–H groups in total. The first kappa shape index (κ1) is 20.2. The van der Waals surface area contributed by atoms with Crippen LogP contribution in [0.3, 0.4) is 0 Å². The van der Waals surface area contributed by atoms with Crippen LogP contribution in [0.2, 0.25) is 0 Å². The highest BCUT2D eigenvalue weighted by Gasteiger charge is 2.41. The summed E-state index contributed by atoms with van der Waals surface area (Å²) in [6, 6.07) is 15.6. The highest BCUT2D eigenvalue weighted by molar-refractivity contribution is 6.35. The van der Waals surface area contributed by atoms with Crippen LogP contribution in [-0.2, 0) is 16.0 Å². The number of nitrogens with zero attached hydrogens (tertiary/aromatic N) is 2. The first-order valence-corrected chi connectivity index (χ1v) is 10.6. The van der Waals surface area contributed by atoms with E-state index in [1.54, 1.807) is 7.11 Å². The van der Waals surface area contributed by atoms with Gasteiger partial charge < -0.3 is 9.64 Å². The van der Waals surface area contributed by atoms with E-state index in [1.165, 1.54) is 11.3 Å². The number of carbonyl (C=O) groups excluding carboxylic acids is 2. The van der Waals surface area contributed by atoms with Crippen LogP contribution >= 0.6 is 0 Å². The van der Waals surface area contributed by atoms with Crippen LogP contribution in [-0.4, -0.2) is 48.4 Å². The normalized spacial score (nSPS) is 17.1. The van der Waals surface area contributed by atoms with Crippen molar-refractivity contribution in [1.82, 2.24) is 9.80 Å². The minimum absolute atomic E-state index is 0.161. The van der Waals surface area contributed by atoms with Crippen LogP contribution in [0.25, 0.3) is 5.57 Å². The van der Waals surface area contributed by atoms with Crippen molar-refractivity contribution < 1.29 is 14.3 Å². The molecule has 2 aliphatic rings. The largest absolute Gasteiger partial charge is 0.497 e. The number of imide groups is 1. The molecule has 2 heterocycles. The number of piperidine rings is 1. The Balaban J connectivity index is 1.60. The van der Waals surface area contributed by atoms with Crippen molar-refractivity contribution in [3.8, 4) is 5.75 Å². The van der Waals surface area contributed by atoms with Crippen molar-refractivity contribution in [2.24, 2.45) is 0 Å². The maximum absolute atomic E-state index is 13.4. The van der Waals surface area contributed by atoms with E-state index < -0.39 is 0 Å². The molecule has 0 spiro atoms. The Hall–Kier alpha value is -3.08. The SMILES string of the molecule is COc1ccc(CCN2C(=O)C(c3ccc(C)cc3)=C(N3CCCCC3)C2=O)cc1. The fourth-order valence-corrected chi connectivity index (χ4v) is 4.19. The molecule has 1 fully saturated rings. The zero-order valence-electron chi connectivity index (χ0n) is 17.7. The van der Waals surface area contributed by atoms with Gasteiger partial charge in [-0.25, -0.2) is 0 Å².